The maximum atomic E-state index is 12.1. The molecule has 1 atom stereocenters. The molecule has 1 rings (SSSR count). The lowest BCUT2D eigenvalue weighted by atomic mass is 10.0. The van der Waals surface area contributed by atoms with Crippen molar-refractivity contribution in [2.75, 3.05) is 18.5 Å². The average Bonchev–Trinajstić information content (AvgIpc) is 2.46. The molecule has 6 heteroatoms. The number of aryl methyl sites for hydroxylation is 1. The highest BCUT2D eigenvalue weighted by Gasteiger charge is 2.10. The molecule has 0 aliphatic rings. The highest BCUT2D eigenvalue weighted by atomic mass is 79.9. The Labute approximate surface area is 128 Å². The Bertz CT molecular complexity index is 462. The van der Waals surface area contributed by atoms with Crippen LogP contribution in [0.1, 0.15) is 39.5 Å². The molecule has 0 saturated heterocycles. The van der Waals surface area contributed by atoms with Crippen molar-refractivity contribution in [1.82, 2.24) is 9.78 Å². The summed E-state index contributed by atoms with van der Waals surface area (Å²) in [6.07, 6.45) is 5.42. The Morgan fingerprint density at radius 1 is 1.50 bits per heavy atom. The third-order valence-electron chi connectivity index (χ3n) is 3.40. The second kappa shape index (κ2) is 9.13. The predicted octanol–water partition coefficient (Wildman–Crippen LogP) is 2.63. The number of aromatic nitrogens is 2. The van der Waals surface area contributed by atoms with Gasteiger partial charge in [0.1, 0.15) is 4.47 Å². The fourth-order valence-electron chi connectivity index (χ4n) is 1.94. The van der Waals surface area contributed by atoms with Crippen LogP contribution in [0.5, 0.6) is 0 Å². The molecule has 20 heavy (non-hydrogen) atoms. The number of anilines is 1. The summed E-state index contributed by atoms with van der Waals surface area (Å²) in [6, 6.07) is 0. The van der Waals surface area contributed by atoms with Crippen molar-refractivity contribution in [1.29, 1.82) is 0 Å². The molecule has 0 aliphatic heterocycles. The van der Waals surface area contributed by atoms with E-state index in [4.69, 9.17) is 5.11 Å². The molecule has 2 N–H and O–H groups in total. The fourth-order valence-corrected chi connectivity index (χ4v) is 2.39. The van der Waals surface area contributed by atoms with Crippen LogP contribution in [0.2, 0.25) is 0 Å². The number of hydrogen-bond acceptors (Lipinski definition) is 4. The molecule has 0 aromatic carbocycles. The van der Waals surface area contributed by atoms with Gasteiger partial charge in [-0.1, -0.05) is 26.7 Å². The summed E-state index contributed by atoms with van der Waals surface area (Å²) >= 11 is 3.35. The van der Waals surface area contributed by atoms with Crippen molar-refractivity contribution in [2.24, 2.45) is 5.92 Å². The quantitative estimate of drug-likeness (QED) is 0.721. The second-order valence-electron chi connectivity index (χ2n) is 4.92. The molecule has 1 aromatic rings. The van der Waals surface area contributed by atoms with Gasteiger partial charge >= 0.3 is 0 Å². The van der Waals surface area contributed by atoms with Gasteiger partial charge in [0, 0.05) is 19.7 Å². The number of nitrogens with zero attached hydrogens (tertiary/aromatic N) is 2. The number of unbranched alkanes of at least 4 members (excludes halogenated alkanes) is 1. The van der Waals surface area contributed by atoms with E-state index in [-0.39, 0.29) is 12.2 Å². The van der Waals surface area contributed by atoms with Crippen LogP contribution in [0.4, 0.5) is 5.69 Å². The lowest BCUT2D eigenvalue weighted by molar-refractivity contribution is 0.258. The van der Waals surface area contributed by atoms with Crippen LogP contribution >= 0.6 is 15.9 Å². The van der Waals surface area contributed by atoms with Gasteiger partial charge in [-0.05, 0) is 34.7 Å². The zero-order valence-corrected chi connectivity index (χ0v) is 13.8. The van der Waals surface area contributed by atoms with Gasteiger partial charge in [-0.3, -0.25) is 4.79 Å². The van der Waals surface area contributed by atoms with Crippen LogP contribution in [0.25, 0.3) is 0 Å². The van der Waals surface area contributed by atoms with Crippen molar-refractivity contribution < 1.29 is 5.11 Å². The Morgan fingerprint density at radius 3 is 2.85 bits per heavy atom. The summed E-state index contributed by atoms with van der Waals surface area (Å²) in [4.78, 5) is 12.1. The normalized spacial score (nSPS) is 12.4. The van der Waals surface area contributed by atoms with Gasteiger partial charge in [0.2, 0.25) is 0 Å². The van der Waals surface area contributed by atoms with E-state index in [1.165, 1.54) is 4.68 Å². The van der Waals surface area contributed by atoms with Crippen LogP contribution in [0.15, 0.2) is 15.5 Å². The Balaban J connectivity index is 2.72. The van der Waals surface area contributed by atoms with E-state index in [2.05, 4.69) is 40.2 Å². The number of rotatable bonds is 9. The minimum Gasteiger partial charge on any atom is -0.396 e. The molecule has 1 heterocycles. The van der Waals surface area contributed by atoms with E-state index in [0.29, 0.717) is 16.9 Å². The summed E-state index contributed by atoms with van der Waals surface area (Å²) in [5, 5.41) is 16.4. The molecule has 0 saturated carbocycles. The molecule has 0 spiro atoms. The molecule has 114 valence electrons. The summed E-state index contributed by atoms with van der Waals surface area (Å²) in [6.45, 7) is 5.75. The largest absolute Gasteiger partial charge is 0.396 e. The van der Waals surface area contributed by atoms with Crippen LogP contribution in [0, 0.1) is 5.92 Å². The average molecular weight is 346 g/mol. The monoisotopic (exact) mass is 345 g/mol. The second-order valence-corrected chi connectivity index (χ2v) is 5.71. The summed E-state index contributed by atoms with van der Waals surface area (Å²) in [5.41, 5.74) is 0.623. The lowest BCUT2D eigenvalue weighted by Gasteiger charge is -2.16. The van der Waals surface area contributed by atoms with Crippen molar-refractivity contribution >= 4 is 21.6 Å². The van der Waals surface area contributed by atoms with E-state index in [1.54, 1.807) is 6.20 Å². The summed E-state index contributed by atoms with van der Waals surface area (Å²) < 4.78 is 2.02. The Kier molecular flexibility index (Phi) is 7.84. The van der Waals surface area contributed by atoms with Crippen LogP contribution in [-0.2, 0) is 6.54 Å². The molecule has 5 nitrogen and oxygen atoms in total. The van der Waals surface area contributed by atoms with Crippen LogP contribution in [-0.4, -0.2) is 28.0 Å². The molecule has 0 aliphatic carbocycles. The standard InChI is InChI=1S/C14H24BrN3O2/c1-3-5-7-18-14(20)13(15)12(10-17-18)16-9-11(4-2)6-8-19/h10-11,16,19H,3-9H2,1-2H3. The lowest BCUT2D eigenvalue weighted by Crippen LogP contribution is -2.25. The zero-order valence-electron chi connectivity index (χ0n) is 12.2. The molecular weight excluding hydrogens is 322 g/mol. The van der Waals surface area contributed by atoms with Crippen LogP contribution in [0.3, 0.4) is 0 Å². The van der Waals surface area contributed by atoms with Gasteiger partial charge in [-0.15, -0.1) is 0 Å². The number of hydrogen-bond donors (Lipinski definition) is 2. The minimum atomic E-state index is -0.0985. The Morgan fingerprint density at radius 2 is 2.25 bits per heavy atom. The summed E-state index contributed by atoms with van der Waals surface area (Å²) in [7, 11) is 0. The van der Waals surface area contributed by atoms with Gasteiger partial charge in [0.25, 0.3) is 5.56 Å². The van der Waals surface area contributed by atoms with Gasteiger partial charge in [-0.25, -0.2) is 4.68 Å². The van der Waals surface area contributed by atoms with Crippen molar-refractivity contribution in [3.63, 3.8) is 0 Å². The predicted molar refractivity (Wildman–Crippen MR) is 85.1 cm³/mol. The Hall–Kier alpha value is -0.880. The molecule has 1 unspecified atom stereocenters. The van der Waals surface area contributed by atoms with E-state index < -0.39 is 0 Å². The van der Waals surface area contributed by atoms with Gasteiger partial charge in [-0.2, -0.15) is 5.10 Å². The molecule has 0 fully saturated rings. The van der Waals surface area contributed by atoms with E-state index >= 15 is 0 Å². The van der Waals surface area contributed by atoms with Crippen LogP contribution < -0.4 is 10.9 Å². The fraction of sp³-hybridized carbons (Fsp3) is 0.714. The van der Waals surface area contributed by atoms with Gasteiger partial charge in [0.15, 0.2) is 0 Å². The van der Waals surface area contributed by atoms with Crippen molar-refractivity contribution in [3.05, 3.63) is 21.0 Å². The number of nitrogens with one attached hydrogen (secondary N) is 1. The third-order valence-corrected chi connectivity index (χ3v) is 4.17. The first-order chi connectivity index (χ1) is 9.63. The highest BCUT2D eigenvalue weighted by molar-refractivity contribution is 9.10. The molecule has 0 bridgehead atoms. The van der Waals surface area contributed by atoms with E-state index in [9.17, 15) is 4.79 Å². The summed E-state index contributed by atoms with van der Waals surface area (Å²) in [5.74, 6) is 0.398. The van der Waals surface area contributed by atoms with Crippen molar-refractivity contribution in [3.8, 4) is 0 Å². The minimum absolute atomic E-state index is 0.0985. The SMILES string of the molecule is CCCCn1ncc(NCC(CC)CCO)c(Br)c1=O. The first-order valence-electron chi connectivity index (χ1n) is 7.24. The first-order valence-corrected chi connectivity index (χ1v) is 8.03. The van der Waals surface area contributed by atoms with Gasteiger partial charge in [0.05, 0.1) is 11.9 Å². The molecular formula is C14H24BrN3O2. The number of halogens is 1. The van der Waals surface area contributed by atoms with Gasteiger partial charge < -0.3 is 10.4 Å². The zero-order chi connectivity index (χ0) is 15.0. The number of aliphatic hydroxyl groups excluding tert-OH is 1. The maximum absolute atomic E-state index is 12.1. The topological polar surface area (TPSA) is 67.2 Å². The van der Waals surface area contributed by atoms with E-state index in [1.807, 2.05) is 0 Å². The highest BCUT2D eigenvalue weighted by Crippen LogP contribution is 2.18. The molecule has 0 radical (unpaired) electrons. The number of aliphatic hydroxyl groups is 1. The third kappa shape index (κ3) is 4.90. The molecule has 0 amide bonds. The van der Waals surface area contributed by atoms with E-state index in [0.717, 1.165) is 37.9 Å². The molecule has 1 aromatic heterocycles. The smallest absolute Gasteiger partial charge is 0.283 e. The maximum Gasteiger partial charge on any atom is 0.283 e. The van der Waals surface area contributed by atoms with Crippen molar-refractivity contribution in [2.45, 2.75) is 46.1 Å². The first kappa shape index (κ1) is 17.2.